The second-order valence-electron chi connectivity index (χ2n) is 6.26. The lowest BCUT2D eigenvalue weighted by atomic mass is 10.2. The number of nitrogens with zero attached hydrogens (tertiary/aromatic N) is 3. The van der Waals surface area contributed by atoms with Crippen LogP contribution in [-0.2, 0) is 12.7 Å². The Morgan fingerprint density at radius 2 is 2.10 bits per heavy atom. The standard InChI is InChI=1S/C19H26F3N5O2.HI/c1-2-23-18(24-8-4-10-27-11-5-9-26-27)25-13-16(28)14-29-17-7-3-6-15(12-17)19(20,21)22;/h3,5-7,9,11-12,16,28H,2,4,8,10,13-14H2,1H3,(H2,23,24,25);1H. The fraction of sp³-hybridized carbons (Fsp3) is 0.474. The van der Waals surface area contributed by atoms with E-state index >= 15 is 0 Å². The summed E-state index contributed by atoms with van der Waals surface area (Å²) in [5, 5.41) is 20.4. The molecular formula is C19H27F3IN5O2. The summed E-state index contributed by atoms with van der Waals surface area (Å²) in [7, 11) is 0. The fourth-order valence-corrected chi connectivity index (χ4v) is 2.43. The molecule has 0 bridgehead atoms. The Morgan fingerprint density at radius 3 is 2.77 bits per heavy atom. The Bertz CT molecular complexity index is 757. The van der Waals surface area contributed by atoms with Crippen molar-refractivity contribution in [1.82, 2.24) is 20.4 Å². The number of guanidine groups is 1. The van der Waals surface area contributed by atoms with E-state index < -0.39 is 17.8 Å². The van der Waals surface area contributed by atoms with Gasteiger partial charge in [-0.3, -0.25) is 9.67 Å². The predicted molar refractivity (Wildman–Crippen MR) is 119 cm³/mol. The van der Waals surface area contributed by atoms with Crippen molar-refractivity contribution in [1.29, 1.82) is 0 Å². The first-order valence-corrected chi connectivity index (χ1v) is 9.36. The second-order valence-corrected chi connectivity index (χ2v) is 6.26. The number of aromatic nitrogens is 2. The Balaban J connectivity index is 0.00000450. The summed E-state index contributed by atoms with van der Waals surface area (Å²) in [6, 6.07) is 6.41. The zero-order valence-corrected chi connectivity index (χ0v) is 18.9. The highest BCUT2D eigenvalue weighted by Crippen LogP contribution is 2.31. The molecule has 7 nitrogen and oxygen atoms in total. The van der Waals surface area contributed by atoms with Gasteiger partial charge in [-0.15, -0.1) is 24.0 Å². The third-order valence-corrected chi connectivity index (χ3v) is 3.82. The van der Waals surface area contributed by atoms with Gasteiger partial charge in [0, 0.05) is 32.0 Å². The molecule has 3 N–H and O–H groups in total. The van der Waals surface area contributed by atoms with E-state index in [1.807, 2.05) is 23.9 Å². The van der Waals surface area contributed by atoms with E-state index in [0.29, 0.717) is 19.0 Å². The Labute approximate surface area is 190 Å². The van der Waals surface area contributed by atoms with Crippen LogP contribution in [0.3, 0.4) is 0 Å². The van der Waals surface area contributed by atoms with Crippen LogP contribution in [0.15, 0.2) is 47.7 Å². The maximum absolute atomic E-state index is 12.7. The van der Waals surface area contributed by atoms with E-state index in [1.54, 1.807) is 6.20 Å². The van der Waals surface area contributed by atoms with E-state index in [2.05, 4.69) is 20.7 Å². The molecule has 1 atom stereocenters. The molecule has 0 amide bonds. The molecule has 0 aliphatic heterocycles. The van der Waals surface area contributed by atoms with Gasteiger partial charge in [0.25, 0.3) is 0 Å². The number of alkyl halides is 3. The molecule has 11 heteroatoms. The number of hydrogen-bond donors (Lipinski definition) is 3. The van der Waals surface area contributed by atoms with Crippen molar-refractivity contribution in [3.63, 3.8) is 0 Å². The second kappa shape index (κ2) is 13.3. The molecule has 168 valence electrons. The summed E-state index contributed by atoms with van der Waals surface area (Å²) < 4.78 is 45.2. The maximum atomic E-state index is 12.7. The van der Waals surface area contributed by atoms with Gasteiger partial charge in [0.15, 0.2) is 5.96 Å². The number of rotatable bonds is 10. The van der Waals surface area contributed by atoms with E-state index in [4.69, 9.17) is 4.74 Å². The number of aliphatic imine (C=N–C) groups is 1. The third kappa shape index (κ3) is 9.65. The van der Waals surface area contributed by atoms with E-state index in [0.717, 1.165) is 25.1 Å². The summed E-state index contributed by atoms with van der Waals surface area (Å²) in [6.45, 7) is 3.91. The largest absolute Gasteiger partial charge is 0.491 e. The van der Waals surface area contributed by atoms with Crippen molar-refractivity contribution in [2.75, 3.05) is 26.2 Å². The van der Waals surface area contributed by atoms with Crippen molar-refractivity contribution in [3.05, 3.63) is 48.3 Å². The van der Waals surface area contributed by atoms with E-state index in [9.17, 15) is 18.3 Å². The van der Waals surface area contributed by atoms with Gasteiger partial charge in [0.2, 0.25) is 0 Å². The molecule has 0 saturated heterocycles. The van der Waals surface area contributed by atoms with Crippen LogP contribution in [0.5, 0.6) is 5.75 Å². The van der Waals surface area contributed by atoms with Gasteiger partial charge >= 0.3 is 6.18 Å². The Hall–Kier alpha value is -2.02. The summed E-state index contributed by atoms with van der Waals surface area (Å²) >= 11 is 0. The molecule has 2 rings (SSSR count). The zero-order valence-electron chi connectivity index (χ0n) is 16.6. The summed E-state index contributed by atoms with van der Waals surface area (Å²) in [4.78, 5) is 4.28. The minimum absolute atomic E-state index is 0. The van der Waals surface area contributed by atoms with Gasteiger partial charge in [-0.05, 0) is 37.6 Å². The lowest BCUT2D eigenvalue weighted by molar-refractivity contribution is -0.137. The average molecular weight is 541 g/mol. The van der Waals surface area contributed by atoms with E-state index in [-0.39, 0.29) is 42.9 Å². The van der Waals surface area contributed by atoms with Crippen molar-refractivity contribution < 1.29 is 23.0 Å². The predicted octanol–water partition coefficient (Wildman–Crippen LogP) is 2.91. The molecule has 30 heavy (non-hydrogen) atoms. The third-order valence-electron chi connectivity index (χ3n) is 3.82. The molecule has 1 aromatic heterocycles. The number of benzene rings is 1. The van der Waals surface area contributed by atoms with Crippen LogP contribution in [0.25, 0.3) is 0 Å². The van der Waals surface area contributed by atoms with Crippen LogP contribution < -0.4 is 15.4 Å². The average Bonchev–Trinajstić information content (AvgIpc) is 3.20. The van der Waals surface area contributed by atoms with Crippen LogP contribution in [0, 0.1) is 0 Å². The monoisotopic (exact) mass is 541 g/mol. The van der Waals surface area contributed by atoms with Crippen molar-refractivity contribution in [2.45, 2.75) is 32.2 Å². The SMILES string of the molecule is CCNC(=NCC(O)COc1cccc(C(F)(F)F)c1)NCCCn1cccn1.I. The highest BCUT2D eigenvalue weighted by molar-refractivity contribution is 14.0. The van der Waals surface area contributed by atoms with Crippen molar-refractivity contribution >= 4 is 29.9 Å². The Kier molecular flexibility index (Phi) is 11.5. The minimum Gasteiger partial charge on any atom is -0.491 e. The molecule has 0 saturated carbocycles. The summed E-state index contributed by atoms with van der Waals surface area (Å²) in [5.41, 5.74) is -0.795. The minimum atomic E-state index is -4.44. The molecule has 0 radical (unpaired) electrons. The molecule has 1 aromatic carbocycles. The van der Waals surface area contributed by atoms with Crippen LogP contribution in [0.1, 0.15) is 18.9 Å². The summed E-state index contributed by atoms with van der Waals surface area (Å²) in [6.07, 6.45) is -0.939. The number of ether oxygens (including phenoxy) is 1. The molecular weight excluding hydrogens is 514 g/mol. The molecule has 0 aliphatic carbocycles. The number of nitrogens with one attached hydrogen (secondary N) is 2. The maximum Gasteiger partial charge on any atom is 0.416 e. The first-order chi connectivity index (χ1) is 13.9. The van der Waals surface area contributed by atoms with Gasteiger partial charge in [-0.25, -0.2) is 0 Å². The van der Waals surface area contributed by atoms with Crippen LogP contribution in [0.4, 0.5) is 13.2 Å². The number of halogens is 4. The number of aryl methyl sites for hydroxylation is 1. The molecule has 2 aromatic rings. The molecule has 1 unspecified atom stereocenters. The Morgan fingerprint density at radius 1 is 1.30 bits per heavy atom. The normalized spacial score (nSPS) is 12.8. The van der Waals surface area contributed by atoms with Gasteiger partial charge in [-0.1, -0.05) is 6.07 Å². The van der Waals surface area contributed by atoms with E-state index in [1.165, 1.54) is 12.1 Å². The highest BCUT2D eigenvalue weighted by Gasteiger charge is 2.30. The van der Waals surface area contributed by atoms with Gasteiger partial charge in [0.1, 0.15) is 18.5 Å². The lowest BCUT2D eigenvalue weighted by Gasteiger charge is -2.14. The molecule has 0 spiro atoms. The van der Waals surface area contributed by atoms with Crippen LogP contribution in [-0.4, -0.2) is 53.2 Å². The van der Waals surface area contributed by atoms with Gasteiger partial charge in [0.05, 0.1) is 12.1 Å². The van der Waals surface area contributed by atoms with Crippen LogP contribution in [0.2, 0.25) is 0 Å². The quantitative estimate of drug-likeness (QED) is 0.187. The summed E-state index contributed by atoms with van der Waals surface area (Å²) in [5.74, 6) is 0.595. The fourth-order valence-electron chi connectivity index (χ4n) is 2.43. The number of hydrogen-bond acceptors (Lipinski definition) is 4. The van der Waals surface area contributed by atoms with Gasteiger partial charge in [-0.2, -0.15) is 18.3 Å². The first-order valence-electron chi connectivity index (χ1n) is 9.36. The molecule has 0 aliphatic rings. The zero-order chi connectivity index (χ0) is 21.1. The molecule has 1 heterocycles. The highest BCUT2D eigenvalue weighted by atomic mass is 127. The lowest BCUT2D eigenvalue weighted by Crippen LogP contribution is -2.39. The van der Waals surface area contributed by atoms with Crippen LogP contribution >= 0.6 is 24.0 Å². The van der Waals surface area contributed by atoms with Gasteiger partial charge < -0.3 is 20.5 Å². The number of aliphatic hydroxyl groups excluding tert-OH is 1. The van der Waals surface area contributed by atoms with Crippen molar-refractivity contribution in [3.8, 4) is 5.75 Å². The molecule has 0 fully saturated rings. The number of aliphatic hydroxyl groups is 1. The topological polar surface area (TPSA) is 83.7 Å². The first kappa shape index (κ1) is 26.0. The smallest absolute Gasteiger partial charge is 0.416 e. The van der Waals surface area contributed by atoms with Crippen molar-refractivity contribution in [2.24, 2.45) is 4.99 Å².